The minimum atomic E-state index is -4.93. The Kier molecular flexibility index (Phi) is 6.54. The topological polar surface area (TPSA) is 232 Å². The molecule has 0 amide bonds. The van der Waals surface area contributed by atoms with Crippen molar-refractivity contribution in [3.05, 3.63) is 44.1 Å². The van der Waals surface area contributed by atoms with E-state index in [9.17, 15) is 34.7 Å². The normalized spacial score (nSPS) is 14.9. The number of aryl methyl sites for hydroxylation is 1. The molecule has 15 heteroatoms. The number of rotatable bonds is 7. The van der Waals surface area contributed by atoms with E-state index < -0.39 is 50.5 Å². The van der Waals surface area contributed by atoms with Crippen molar-refractivity contribution in [1.82, 2.24) is 19.5 Å². The van der Waals surface area contributed by atoms with Gasteiger partial charge in [0, 0.05) is 0 Å². The number of nitrogens with zero attached hydrogens (tertiary/aromatic N) is 4. The first-order valence-electron chi connectivity index (χ1n) is 9.01. The van der Waals surface area contributed by atoms with Gasteiger partial charge in [0.1, 0.15) is 18.3 Å². The number of aliphatic hydroxyl groups excluding tert-OH is 3. The van der Waals surface area contributed by atoms with Gasteiger partial charge in [0.2, 0.25) is 0 Å². The molecule has 0 aliphatic carbocycles. The number of hydrogen-bond acceptors (Lipinski definition) is 10. The Hall–Kier alpha value is -3.02. The molecule has 170 valence electrons. The summed E-state index contributed by atoms with van der Waals surface area (Å²) < 4.78 is 16.1. The van der Waals surface area contributed by atoms with Crippen LogP contribution in [0.4, 0.5) is 0 Å². The molecule has 0 saturated carbocycles. The summed E-state index contributed by atoms with van der Waals surface area (Å²) in [6.45, 7) is 0.131. The van der Waals surface area contributed by atoms with E-state index >= 15 is 0 Å². The molecular formula is C17H18N5O9P. The van der Waals surface area contributed by atoms with Gasteiger partial charge in [-0.1, -0.05) is 0 Å². The van der Waals surface area contributed by atoms with E-state index in [1.165, 1.54) is 16.7 Å². The van der Waals surface area contributed by atoms with Crippen LogP contribution in [0.1, 0.15) is 11.1 Å². The number of aromatic nitrogens is 4. The average molecular weight is 467 g/mol. The molecule has 6 N–H and O–H groups in total. The second-order valence-corrected chi connectivity index (χ2v) is 8.18. The number of nitrogens with one attached hydrogen (secondary N) is 1. The summed E-state index contributed by atoms with van der Waals surface area (Å²) in [6.07, 6.45) is -5.60. The minimum Gasteiger partial charge on any atom is -0.388 e. The van der Waals surface area contributed by atoms with Gasteiger partial charge in [0.15, 0.2) is 11.5 Å². The molecule has 32 heavy (non-hydrogen) atoms. The number of phosphoric ester groups is 1. The van der Waals surface area contributed by atoms with E-state index in [0.717, 1.165) is 0 Å². The van der Waals surface area contributed by atoms with Crippen LogP contribution in [0, 0.1) is 18.3 Å². The van der Waals surface area contributed by atoms with Crippen molar-refractivity contribution >= 4 is 18.9 Å². The molecule has 2 heterocycles. The number of aliphatic hydroxyl groups is 3. The second-order valence-electron chi connectivity index (χ2n) is 6.94. The first kappa shape index (κ1) is 23.6. The molecule has 0 saturated heterocycles. The SMILES string of the molecule is Cc1cc2nc3c(=O)[nH]c(=O)nc-3n(CC(O)C(O)C(O)COP(=O)(O)O)c2cc1C#N. The van der Waals surface area contributed by atoms with Gasteiger partial charge < -0.3 is 29.7 Å². The van der Waals surface area contributed by atoms with E-state index in [4.69, 9.17) is 9.79 Å². The summed E-state index contributed by atoms with van der Waals surface area (Å²) in [6, 6.07) is 4.89. The van der Waals surface area contributed by atoms with Gasteiger partial charge in [-0.25, -0.2) is 14.3 Å². The fourth-order valence-electron chi connectivity index (χ4n) is 3.07. The summed E-state index contributed by atoms with van der Waals surface area (Å²) in [7, 11) is -4.93. The first-order valence-corrected chi connectivity index (χ1v) is 10.5. The Morgan fingerprint density at radius 1 is 1.22 bits per heavy atom. The van der Waals surface area contributed by atoms with Crippen LogP contribution in [0.5, 0.6) is 0 Å². The van der Waals surface area contributed by atoms with Crippen LogP contribution in [0.15, 0.2) is 21.7 Å². The third-order valence-electron chi connectivity index (χ3n) is 4.65. The molecule has 14 nitrogen and oxygen atoms in total. The number of benzene rings is 1. The number of fused-ring (bicyclic) bond motifs is 2. The zero-order chi connectivity index (χ0) is 23.8. The van der Waals surface area contributed by atoms with Crippen LogP contribution >= 0.6 is 7.82 Å². The lowest BCUT2D eigenvalue weighted by molar-refractivity contribution is -0.0793. The zero-order valence-corrected chi connectivity index (χ0v) is 17.3. The van der Waals surface area contributed by atoms with Crippen molar-refractivity contribution in [2.75, 3.05) is 6.61 Å². The zero-order valence-electron chi connectivity index (χ0n) is 16.4. The second kappa shape index (κ2) is 8.85. The lowest BCUT2D eigenvalue weighted by Gasteiger charge is -2.25. The highest BCUT2D eigenvalue weighted by Crippen LogP contribution is 2.36. The van der Waals surface area contributed by atoms with E-state index in [1.807, 2.05) is 11.1 Å². The lowest BCUT2D eigenvalue weighted by Crippen LogP contribution is -2.42. The third-order valence-corrected chi connectivity index (χ3v) is 5.13. The van der Waals surface area contributed by atoms with Gasteiger partial charge in [0.05, 0.1) is 35.8 Å². The maximum atomic E-state index is 12.2. The molecule has 0 spiro atoms. The number of aromatic amines is 1. The largest absolute Gasteiger partial charge is 0.469 e. The smallest absolute Gasteiger partial charge is 0.388 e. The number of hydrogen-bond donors (Lipinski definition) is 6. The average Bonchev–Trinajstić information content (AvgIpc) is 2.70. The summed E-state index contributed by atoms with van der Waals surface area (Å²) in [5.41, 5.74) is -0.860. The van der Waals surface area contributed by atoms with E-state index in [-0.39, 0.29) is 28.1 Å². The van der Waals surface area contributed by atoms with E-state index in [2.05, 4.69) is 14.5 Å². The molecule has 0 aromatic heterocycles. The Morgan fingerprint density at radius 3 is 2.53 bits per heavy atom. The van der Waals surface area contributed by atoms with Crippen molar-refractivity contribution in [2.45, 2.75) is 31.8 Å². The molecule has 0 fully saturated rings. The van der Waals surface area contributed by atoms with Crippen molar-refractivity contribution in [1.29, 1.82) is 5.26 Å². The first-order chi connectivity index (χ1) is 14.9. The Morgan fingerprint density at radius 2 is 1.91 bits per heavy atom. The molecular weight excluding hydrogens is 449 g/mol. The molecule has 3 unspecified atom stereocenters. The Labute approximate surface area is 178 Å². The maximum Gasteiger partial charge on any atom is 0.469 e. The van der Waals surface area contributed by atoms with Gasteiger partial charge in [-0.3, -0.25) is 14.3 Å². The highest BCUT2D eigenvalue weighted by Gasteiger charge is 2.30. The van der Waals surface area contributed by atoms with Crippen molar-refractivity contribution < 1.29 is 34.2 Å². The highest BCUT2D eigenvalue weighted by atomic mass is 31.2. The molecule has 2 aliphatic heterocycles. The van der Waals surface area contributed by atoms with Crippen molar-refractivity contribution in [3.63, 3.8) is 0 Å². The molecule has 0 radical (unpaired) electrons. The van der Waals surface area contributed by atoms with Crippen LogP contribution in [-0.2, 0) is 15.6 Å². The van der Waals surface area contributed by atoms with Crippen LogP contribution in [0.2, 0.25) is 0 Å². The fourth-order valence-corrected chi connectivity index (χ4v) is 3.42. The maximum absolute atomic E-state index is 12.2. The molecule has 0 bridgehead atoms. The monoisotopic (exact) mass is 467 g/mol. The predicted octanol–water partition coefficient (Wildman–Crippen LogP) is -2.04. The molecule has 3 atom stereocenters. The van der Waals surface area contributed by atoms with Gasteiger partial charge in [-0.05, 0) is 24.6 Å². The summed E-state index contributed by atoms with van der Waals surface area (Å²) >= 11 is 0. The Balaban J connectivity index is 2.10. The molecule has 2 aliphatic rings. The summed E-state index contributed by atoms with van der Waals surface area (Å²) in [4.78, 5) is 51.3. The standard InChI is InChI=1S/C17H18N5O9P/c1-7-2-9-10(3-8(7)4-18)22(15-13(19-9)16(26)21-17(27)20-15)5-11(23)14(25)12(24)6-31-32(28,29)30/h2-3,11-12,14,23-25H,5-6H2,1H3,(H,21,26,27)(H2,28,29,30). The third kappa shape index (κ3) is 4.90. The Bertz CT molecular complexity index is 1340. The van der Waals surface area contributed by atoms with Crippen LogP contribution in [-0.4, -0.2) is 69.5 Å². The van der Waals surface area contributed by atoms with Crippen LogP contribution < -0.4 is 11.2 Å². The van der Waals surface area contributed by atoms with Crippen LogP contribution in [0.25, 0.3) is 22.6 Å². The van der Waals surface area contributed by atoms with Crippen molar-refractivity contribution in [3.8, 4) is 17.6 Å². The number of phosphoric acid groups is 1. The van der Waals surface area contributed by atoms with Gasteiger partial charge in [0.25, 0.3) is 5.56 Å². The van der Waals surface area contributed by atoms with Crippen molar-refractivity contribution in [2.24, 2.45) is 0 Å². The van der Waals surface area contributed by atoms with Gasteiger partial charge in [-0.2, -0.15) is 10.2 Å². The van der Waals surface area contributed by atoms with E-state index in [1.54, 1.807) is 6.92 Å². The quantitative estimate of drug-likeness (QED) is 0.163. The lowest BCUT2D eigenvalue weighted by atomic mass is 10.1. The number of H-pyrrole nitrogens is 1. The summed E-state index contributed by atoms with van der Waals surface area (Å²) in [5, 5.41) is 39.9. The predicted molar refractivity (Wildman–Crippen MR) is 107 cm³/mol. The van der Waals surface area contributed by atoms with E-state index in [0.29, 0.717) is 5.56 Å². The summed E-state index contributed by atoms with van der Waals surface area (Å²) in [5.74, 6) is -0.244. The number of nitriles is 1. The highest BCUT2D eigenvalue weighted by molar-refractivity contribution is 7.46. The van der Waals surface area contributed by atoms with Gasteiger partial charge in [-0.15, -0.1) is 0 Å². The van der Waals surface area contributed by atoms with Gasteiger partial charge >= 0.3 is 13.5 Å². The fraction of sp³-hybridized carbons (Fsp3) is 0.353. The molecule has 1 aromatic rings. The molecule has 1 aromatic carbocycles. The van der Waals surface area contributed by atoms with Crippen LogP contribution in [0.3, 0.4) is 0 Å². The minimum absolute atomic E-state index is 0.198. The molecule has 3 rings (SSSR count).